The molecule has 0 aliphatic carbocycles. The number of benzene rings is 2. The van der Waals surface area contributed by atoms with E-state index in [1.807, 2.05) is 31.2 Å². The van der Waals surface area contributed by atoms with Crippen molar-refractivity contribution < 1.29 is 4.39 Å². The minimum atomic E-state index is -0.304. The number of para-hydroxylation sites is 1. The number of aromatic nitrogens is 2. The maximum absolute atomic E-state index is 13.8. The van der Waals surface area contributed by atoms with Crippen LogP contribution in [0.15, 0.2) is 54.6 Å². The minimum absolute atomic E-state index is 0.304. The molecule has 0 atom stereocenters. The van der Waals surface area contributed by atoms with Crippen LogP contribution in [0.2, 0.25) is 0 Å². The van der Waals surface area contributed by atoms with Crippen molar-refractivity contribution in [2.24, 2.45) is 0 Å². The molecule has 20 heavy (non-hydrogen) atoms. The summed E-state index contributed by atoms with van der Waals surface area (Å²) in [5.41, 5.74) is 8.94. The first kappa shape index (κ1) is 12.4. The zero-order chi connectivity index (χ0) is 14.1. The highest BCUT2D eigenvalue weighted by Crippen LogP contribution is 2.26. The topological polar surface area (TPSA) is 43.8 Å². The van der Waals surface area contributed by atoms with E-state index in [1.54, 1.807) is 28.9 Å². The van der Waals surface area contributed by atoms with Gasteiger partial charge in [0.15, 0.2) is 0 Å². The van der Waals surface area contributed by atoms with Gasteiger partial charge < -0.3 is 5.73 Å². The highest BCUT2D eigenvalue weighted by Gasteiger charge is 2.12. The van der Waals surface area contributed by atoms with Crippen molar-refractivity contribution in [3.63, 3.8) is 0 Å². The van der Waals surface area contributed by atoms with Crippen LogP contribution in [0.4, 0.5) is 10.2 Å². The Morgan fingerprint density at radius 1 is 1.05 bits per heavy atom. The Hall–Kier alpha value is -2.62. The molecule has 0 spiro atoms. The van der Waals surface area contributed by atoms with Gasteiger partial charge in [-0.25, -0.2) is 9.07 Å². The van der Waals surface area contributed by atoms with E-state index in [-0.39, 0.29) is 5.82 Å². The molecule has 0 bridgehead atoms. The SMILES string of the molecule is Cc1ccccc1-n1nc(-c2ccccc2F)cc1N. The maximum atomic E-state index is 13.8. The number of nitrogens with two attached hydrogens (primary N) is 1. The number of nitrogen functional groups attached to an aromatic ring is 1. The van der Waals surface area contributed by atoms with Crippen LogP contribution in [-0.2, 0) is 0 Å². The first-order valence-corrected chi connectivity index (χ1v) is 6.33. The van der Waals surface area contributed by atoms with Crippen molar-refractivity contribution in [2.45, 2.75) is 6.92 Å². The molecular formula is C16H14FN3. The van der Waals surface area contributed by atoms with Crippen molar-refractivity contribution in [3.05, 3.63) is 66.0 Å². The molecule has 3 nitrogen and oxygen atoms in total. The van der Waals surface area contributed by atoms with Gasteiger partial charge in [-0.2, -0.15) is 5.10 Å². The number of hydrogen-bond acceptors (Lipinski definition) is 2. The standard InChI is InChI=1S/C16H14FN3/c1-11-6-2-5-9-15(11)20-16(18)10-14(19-20)12-7-3-4-8-13(12)17/h2-10H,18H2,1H3. The van der Waals surface area contributed by atoms with Crippen LogP contribution in [0.25, 0.3) is 16.9 Å². The van der Waals surface area contributed by atoms with Crippen LogP contribution < -0.4 is 5.73 Å². The molecule has 0 saturated carbocycles. The highest BCUT2D eigenvalue weighted by atomic mass is 19.1. The van der Waals surface area contributed by atoms with Gasteiger partial charge in [0.25, 0.3) is 0 Å². The normalized spacial score (nSPS) is 10.7. The van der Waals surface area contributed by atoms with Gasteiger partial charge in [0.05, 0.1) is 11.4 Å². The van der Waals surface area contributed by atoms with Crippen LogP contribution in [0.5, 0.6) is 0 Å². The first-order chi connectivity index (χ1) is 9.66. The number of hydrogen-bond donors (Lipinski definition) is 1. The van der Waals surface area contributed by atoms with E-state index in [0.29, 0.717) is 17.1 Å². The van der Waals surface area contributed by atoms with Gasteiger partial charge in [0.2, 0.25) is 0 Å². The van der Waals surface area contributed by atoms with Crippen LogP contribution in [0.3, 0.4) is 0 Å². The molecule has 0 unspecified atom stereocenters. The molecular weight excluding hydrogens is 253 g/mol. The third kappa shape index (κ3) is 2.05. The monoisotopic (exact) mass is 267 g/mol. The summed E-state index contributed by atoms with van der Waals surface area (Å²) in [6.07, 6.45) is 0. The van der Waals surface area contributed by atoms with E-state index in [9.17, 15) is 4.39 Å². The first-order valence-electron chi connectivity index (χ1n) is 6.33. The van der Waals surface area contributed by atoms with Gasteiger partial charge in [-0.3, -0.25) is 0 Å². The molecule has 1 aromatic heterocycles. The maximum Gasteiger partial charge on any atom is 0.132 e. The predicted molar refractivity (Wildman–Crippen MR) is 78.1 cm³/mol. The molecule has 0 saturated heterocycles. The number of halogens is 1. The van der Waals surface area contributed by atoms with Crippen molar-refractivity contribution in [1.82, 2.24) is 9.78 Å². The van der Waals surface area contributed by atoms with Gasteiger partial charge in [-0.15, -0.1) is 0 Å². The third-order valence-electron chi connectivity index (χ3n) is 3.23. The van der Waals surface area contributed by atoms with Gasteiger partial charge in [0, 0.05) is 11.6 Å². The van der Waals surface area contributed by atoms with Crippen molar-refractivity contribution in [1.29, 1.82) is 0 Å². The average molecular weight is 267 g/mol. The van der Waals surface area contributed by atoms with Crippen LogP contribution in [-0.4, -0.2) is 9.78 Å². The molecule has 3 aromatic rings. The third-order valence-corrected chi connectivity index (χ3v) is 3.23. The van der Waals surface area contributed by atoms with Gasteiger partial charge in [0.1, 0.15) is 11.6 Å². The molecule has 0 fully saturated rings. The second kappa shape index (κ2) is 4.81. The predicted octanol–water partition coefficient (Wildman–Crippen LogP) is 3.57. The van der Waals surface area contributed by atoms with E-state index in [1.165, 1.54) is 6.07 Å². The molecule has 0 aliphatic rings. The van der Waals surface area contributed by atoms with Crippen molar-refractivity contribution in [2.75, 3.05) is 5.73 Å². The number of nitrogens with zero attached hydrogens (tertiary/aromatic N) is 2. The summed E-state index contributed by atoms with van der Waals surface area (Å²) < 4.78 is 15.4. The van der Waals surface area contributed by atoms with Crippen LogP contribution in [0, 0.1) is 12.7 Å². The fraction of sp³-hybridized carbons (Fsp3) is 0.0625. The van der Waals surface area contributed by atoms with Crippen LogP contribution >= 0.6 is 0 Å². The molecule has 0 aliphatic heterocycles. The average Bonchev–Trinajstić information content (AvgIpc) is 2.81. The fourth-order valence-corrected chi connectivity index (χ4v) is 2.19. The summed E-state index contributed by atoms with van der Waals surface area (Å²) in [5, 5.41) is 4.42. The number of aryl methyl sites for hydroxylation is 1. The quantitative estimate of drug-likeness (QED) is 0.771. The Morgan fingerprint density at radius 3 is 2.50 bits per heavy atom. The molecule has 3 rings (SSSR count). The zero-order valence-corrected chi connectivity index (χ0v) is 11.0. The Balaban J connectivity index is 2.13. The molecule has 100 valence electrons. The summed E-state index contributed by atoms with van der Waals surface area (Å²) in [6.45, 7) is 1.99. The van der Waals surface area contributed by atoms with Gasteiger partial charge in [-0.05, 0) is 30.7 Å². The Kier molecular flexibility index (Phi) is 2.99. The van der Waals surface area contributed by atoms with Gasteiger partial charge in [-0.1, -0.05) is 30.3 Å². The van der Waals surface area contributed by atoms with Crippen molar-refractivity contribution >= 4 is 5.82 Å². The van der Waals surface area contributed by atoms with Crippen molar-refractivity contribution in [3.8, 4) is 16.9 Å². The second-order valence-corrected chi connectivity index (χ2v) is 4.63. The van der Waals surface area contributed by atoms with Gasteiger partial charge >= 0.3 is 0 Å². The Bertz CT molecular complexity index is 762. The van der Waals surface area contributed by atoms with E-state index in [2.05, 4.69) is 5.10 Å². The lowest BCUT2D eigenvalue weighted by molar-refractivity contribution is 0.630. The fourth-order valence-electron chi connectivity index (χ4n) is 2.19. The number of rotatable bonds is 2. The van der Waals surface area contributed by atoms with E-state index in [0.717, 1.165) is 11.3 Å². The Morgan fingerprint density at radius 2 is 1.75 bits per heavy atom. The molecule has 0 amide bonds. The smallest absolute Gasteiger partial charge is 0.132 e. The molecule has 4 heteroatoms. The summed E-state index contributed by atoms with van der Waals surface area (Å²) in [6, 6.07) is 16.0. The lowest BCUT2D eigenvalue weighted by atomic mass is 10.1. The minimum Gasteiger partial charge on any atom is -0.384 e. The van der Waals surface area contributed by atoms with E-state index in [4.69, 9.17) is 5.73 Å². The molecule has 1 heterocycles. The molecule has 2 aromatic carbocycles. The summed E-state index contributed by atoms with van der Waals surface area (Å²) >= 11 is 0. The largest absolute Gasteiger partial charge is 0.384 e. The lowest BCUT2D eigenvalue weighted by Gasteiger charge is -2.06. The highest BCUT2D eigenvalue weighted by molar-refractivity contribution is 5.64. The summed E-state index contributed by atoms with van der Waals surface area (Å²) in [5.74, 6) is 0.180. The summed E-state index contributed by atoms with van der Waals surface area (Å²) in [4.78, 5) is 0. The van der Waals surface area contributed by atoms with E-state index < -0.39 is 0 Å². The van der Waals surface area contributed by atoms with Crippen LogP contribution in [0.1, 0.15) is 5.56 Å². The number of anilines is 1. The van der Waals surface area contributed by atoms with E-state index >= 15 is 0 Å². The molecule has 0 radical (unpaired) electrons. The second-order valence-electron chi connectivity index (χ2n) is 4.63. The Labute approximate surface area is 116 Å². The lowest BCUT2D eigenvalue weighted by Crippen LogP contribution is -2.03. The summed E-state index contributed by atoms with van der Waals surface area (Å²) in [7, 11) is 0. The zero-order valence-electron chi connectivity index (χ0n) is 11.0. The molecule has 2 N–H and O–H groups in total.